The summed E-state index contributed by atoms with van der Waals surface area (Å²) in [6.07, 6.45) is 5.20. The average molecular weight is 250 g/mol. The second-order valence-electron chi connectivity index (χ2n) is 5.27. The van der Waals surface area contributed by atoms with Crippen LogP contribution in [0.15, 0.2) is 12.4 Å². The van der Waals surface area contributed by atoms with Gasteiger partial charge in [0.05, 0.1) is 0 Å². The Morgan fingerprint density at radius 1 is 1.61 bits per heavy atom. The fraction of sp³-hybridized carbons (Fsp3) is 0.692. The van der Waals surface area contributed by atoms with Crippen molar-refractivity contribution in [3.8, 4) is 0 Å². The summed E-state index contributed by atoms with van der Waals surface area (Å²) < 4.78 is 2.07. The summed E-state index contributed by atoms with van der Waals surface area (Å²) in [7, 11) is 0. The van der Waals surface area contributed by atoms with Crippen molar-refractivity contribution in [3.05, 3.63) is 18.2 Å². The third-order valence-electron chi connectivity index (χ3n) is 3.41. The van der Waals surface area contributed by atoms with Crippen molar-refractivity contribution in [2.75, 3.05) is 13.1 Å². The van der Waals surface area contributed by atoms with Crippen LogP contribution in [0.4, 0.5) is 0 Å². The molecule has 0 aromatic carbocycles. The number of hydrogen-bond acceptors (Lipinski definition) is 3. The molecule has 2 N–H and O–H groups in total. The highest BCUT2D eigenvalue weighted by atomic mass is 16.2. The maximum Gasteiger partial charge on any atom is 0.224 e. The molecular formula is C13H22N4O. The first kappa shape index (κ1) is 13.1. The highest BCUT2D eigenvalue weighted by Crippen LogP contribution is 2.13. The lowest BCUT2D eigenvalue weighted by atomic mass is 10.2. The van der Waals surface area contributed by atoms with Crippen molar-refractivity contribution in [3.63, 3.8) is 0 Å². The molecule has 5 nitrogen and oxygen atoms in total. The maximum absolute atomic E-state index is 12.0. The van der Waals surface area contributed by atoms with E-state index in [0.29, 0.717) is 25.4 Å². The molecular weight excluding hydrogens is 228 g/mol. The van der Waals surface area contributed by atoms with E-state index in [1.165, 1.54) is 0 Å². The third-order valence-corrected chi connectivity index (χ3v) is 3.41. The van der Waals surface area contributed by atoms with Gasteiger partial charge in [-0.1, -0.05) is 13.8 Å². The Morgan fingerprint density at radius 3 is 3.00 bits per heavy atom. The van der Waals surface area contributed by atoms with Crippen LogP contribution in [0.1, 0.15) is 38.4 Å². The Labute approximate surface area is 108 Å². The first-order valence-electron chi connectivity index (χ1n) is 6.62. The fourth-order valence-corrected chi connectivity index (χ4v) is 2.40. The van der Waals surface area contributed by atoms with Crippen LogP contribution in [0, 0.1) is 0 Å². The number of aryl methyl sites for hydroxylation is 1. The van der Waals surface area contributed by atoms with Gasteiger partial charge in [-0.15, -0.1) is 0 Å². The monoisotopic (exact) mass is 250 g/mol. The second kappa shape index (κ2) is 5.52. The Balaban J connectivity index is 1.87. The summed E-state index contributed by atoms with van der Waals surface area (Å²) in [5.41, 5.74) is 5.81. The lowest BCUT2D eigenvalue weighted by Gasteiger charge is -2.16. The smallest absolute Gasteiger partial charge is 0.224 e. The van der Waals surface area contributed by atoms with Crippen molar-refractivity contribution >= 4 is 5.91 Å². The summed E-state index contributed by atoms with van der Waals surface area (Å²) >= 11 is 0. The Hall–Kier alpha value is -1.36. The van der Waals surface area contributed by atoms with E-state index in [9.17, 15) is 4.79 Å². The number of carbonyl (C=O) groups is 1. The van der Waals surface area contributed by atoms with Gasteiger partial charge >= 0.3 is 0 Å². The zero-order valence-corrected chi connectivity index (χ0v) is 11.2. The molecule has 1 aromatic heterocycles. The van der Waals surface area contributed by atoms with Gasteiger partial charge in [0.25, 0.3) is 0 Å². The normalized spacial score (nSPS) is 19.8. The number of amides is 1. The molecule has 0 unspecified atom stereocenters. The summed E-state index contributed by atoms with van der Waals surface area (Å²) in [4.78, 5) is 18.2. The van der Waals surface area contributed by atoms with Gasteiger partial charge in [-0.25, -0.2) is 4.98 Å². The lowest BCUT2D eigenvalue weighted by molar-refractivity contribution is -0.130. The number of carbonyl (C=O) groups excluding carboxylic acids is 1. The maximum atomic E-state index is 12.0. The zero-order valence-electron chi connectivity index (χ0n) is 11.2. The molecule has 0 spiro atoms. The molecule has 1 saturated heterocycles. The Bertz CT molecular complexity index is 413. The average Bonchev–Trinajstić information content (AvgIpc) is 2.94. The minimum absolute atomic E-state index is 0.161. The number of nitrogens with zero attached hydrogens (tertiary/aromatic N) is 3. The van der Waals surface area contributed by atoms with Gasteiger partial charge < -0.3 is 15.2 Å². The molecule has 0 aliphatic carbocycles. The van der Waals surface area contributed by atoms with Gasteiger partial charge in [0.2, 0.25) is 5.91 Å². The van der Waals surface area contributed by atoms with Crippen LogP contribution in [0.3, 0.4) is 0 Å². The van der Waals surface area contributed by atoms with Gasteiger partial charge in [0.15, 0.2) is 0 Å². The Morgan fingerprint density at radius 2 is 2.39 bits per heavy atom. The quantitative estimate of drug-likeness (QED) is 0.865. The number of rotatable bonds is 4. The molecule has 18 heavy (non-hydrogen) atoms. The molecule has 100 valence electrons. The van der Waals surface area contributed by atoms with E-state index in [-0.39, 0.29) is 11.9 Å². The van der Waals surface area contributed by atoms with E-state index in [2.05, 4.69) is 23.4 Å². The van der Waals surface area contributed by atoms with E-state index < -0.39 is 0 Å². The van der Waals surface area contributed by atoms with Crippen molar-refractivity contribution in [1.82, 2.24) is 14.5 Å². The second-order valence-corrected chi connectivity index (χ2v) is 5.27. The number of imidazole rings is 1. The Kier molecular flexibility index (Phi) is 4.01. The van der Waals surface area contributed by atoms with Crippen molar-refractivity contribution in [2.24, 2.45) is 5.73 Å². The topological polar surface area (TPSA) is 64.2 Å². The first-order chi connectivity index (χ1) is 8.58. The van der Waals surface area contributed by atoms with Crippen molar-refractivity contribution in [2.45, 2.75) is 45.2 Å². The van der Waals surface area contributed by atoms with Gasteiger partial charge in [-0.05, 0) is 6.42 Å². The van der Waals surface area contributed by atoms with Gasteiger partial charge in [-0.2, -0.15) is 0 Å². The summed E-state index contributed by atoms with van der Waals surface area (Å²) in [5, 5.41) is 0. The summed E-state index contributed by atoms with van der Waals surface area (Å²) in [6.45, 7) is 6.44. The largest absolute Gasteiger partial charge is 0.341 e. The molecule has 0 radical (unpaired) electrons. The van der Waals surface area contributed by atoms with E-state index in [0.717, 1.165) is 18.8 Å². The molecule has 5 heteroatoms. The fourth-order valence-electron chi connectivity index (χ4n) is 2.40. The first-order valence-corrected chi connectivity index (χ1v) is 6.62. The van der Waals surface area contributed by atoms with E-state index in [1.54, 1.807) is 6.20 Å². The van der Waals surface area contributed by atoms with Gasteiger partial charge in [-0.3, -0.25) is 4.79 Å². The van der Waals surface area contributed by atoms with Crippen LogP contribution < -0.4 is 5.73 Å². The number of nitrogens with two attached hydrogens (primary N) is 1. The molecule has 1 atom stereocenters. The predicted octanol–water partition coefficient (Wildman–Crippen LogP) is 0.956. The molecule has 0 saturated carbocycles. The molecule has 1 amide bonds. The van der Waals surface area contributed by atoms with E-state index in [4.69, 9.17) is 5.73 Å². The molecule has 1 aliphatic heterocycles. The van der Waals surface area contributed by atoms with E-state index >= 15 is 0 Å². The van der Waals surface area contributed by atoms with Crippen LogP contribution >= 0.6 is 0 Å². The van der Waals surface area contributed by atoms with Crippen molar-refractivity contribution in [1.29, 1.82) is 0 Å². The van der Waals surface area contributed by atoms with Crippen LogP contribution in [0.5, 0.6) is 0 Å². The highest BCUT2D eigenvalue weighted by molar-refractivity contribution is 5.76. The number of hydrogen-bond donors (Lipinski definition) is 1. The lowest BCUT2D eigenvalue weighted by Crippen LogP contribution is -2.32. The molecule has 1 aromatic rings. The molecule has 2 rings (SSSR count). The SMILES string of the molecule is CC(C)c1nccn1CCC(=O)N1CC[C@H](N)C1. The summed E-state index contributed by atoms with van der Waals surface area (Å²) in [5.74, 6) is 1.63. The number of likely N-dealkylation sites (tertiary alicyclic amines) is 1. The summed E-state index contributed by atoms with van der Waals surface area (Å²) in [6, 6.07) is 0.161. The van der Waals surface area contributed by atoms with Gasteiger partial charge in [0.1, 0.15) is 5.82 Å². The van der Waals surface area contributed by atoms with Crippen LogP contribution in [0.2, 0.25) is 0 Å². The van der Waals surface area contributed by atoms with E-state index in [1.807, 2.05) is 11.1 Å². The van der Waals surface area contributed by atoms with Crippen LogP contribution in [0.25, 0.3) is 0 Å². The van der Waals surface area contributed by atoms with Crippen LogP contribution in [-0.4, -0.2) is 39.5 Å². The zero-order chi connectivity index (χ0) is 13.1. The minimum Gasteiger partial charge on any atom is -0.341 e. The predicted molar refractivity (Wildman–Crippen MR) is 70.1 cm³/mol. The van der Waals surface area contributed by atoms with Crippen molar-refractivity contribution < 1.29 is 4.79 Å². The number of aromatic nitrogens is 2. The minimum atomic E-state index is 0.161. The molecule has 1 aliphatic rings. The highest BCUT2D eigenvalue weighted by Gasteiger charge is 2.23. The standard InChI is InChI=1S/C13H22N4O/c1-10(2)13-15-5-8-16(13)7-4-12(18)17-6-3-11(14)9-17/h5,8,10-11H,3-4,6-7,9,14H2,1-2H3/t11-/m0/s1. The molecule has 2 heterocycles. The van der Waals surface area contributed by atoms with Gasteiger partial charge in [0, 0.05) is 50.4 Å². The molecule has 1 fully saturated rings. The molecule has 0 bridgehead atoms. The van der Waals surface area contributed by atoms with Crippen LogP contribution in [-0.2, 0) is 11.3 Å². The third kappa shape index (κ3) is 2.90.